The van der Waals surface area contributed by atoms with Crippen molar-refractivity contribution in [3.63, 3.8) is 0 Å². The number of nitrogens with two attached hydrogens (primary N) is 1. The highest BCUT2D eigenvalue weighted by Crippen LogP contribution is 2.29. The van der Waals surface area contributed by atoms with Crippen molar-refractivity contribution >= 4 is 5.91 Å². The first-order valence-electron chi connectivity index (χ1n) is 7.65. The van der Waals surface area contributed by atoms with Gasteiger partial charge in [-0.25, -0.2) is 8.78 Å². The van der Waals surface area contributed by atoms with E-state index in [4.69, 9.17) is 10.5 Å². The van der Waals surface area contributed by atoms with Crippen LogP contribution in [0.25, 0.3) is 0 Å². The maximum absolute atomic E-state index is 12.8. The van der Waals surface area contributed by atoms with Gasteiger partial charge < -0.3 is 20.1 Å². The van der Waals surface area contributed by atoms with E-state index in [1.54, 1.807) is 12.1 Å². The molecule has 1 saturated heterocycles. The first-order valence-corrected chi connectivity index (χ1v) is 7.65. The van der Waals surface area contributed by atoms with Crippen LogP contribution in [0.4, 0.5) is 17.6 Å². The number of benzene rings is 1. The van der Waals surface area contributed by atoms with Crippen molar-refractivity contribution in [2.24, 2.45) is 5.73 Å². The van der Waals surface area contributed by atoms with E-state index in [9.17, 15) is 22.4 Å². The highest BCUT2D eigenvalue weighted by Gasteiger charge is 2.41. The number of likely N-dealkylation sites (tertiary alicyclic amines) is 1. The summed E-state index contributed by atoms with van der Waals surface area (Å²) in [6, 6.07) is 6.93. The molecule has 2 atom stereocenters. The Bertz CT molecular complexity index is 600. The summed E-state index contributed by atoms with van der Waals surface area (Å²) in [5.41, 5.74) is 6.97. The van der Waals surface area contributed by atoms with Gasteiger partial charge in [0.25, 0.3) is 0 Å². The zero-order valence-corrected chi connectivity index (χ0v) is 13.6. The van der Waals surface area contributed by atoms with Crippen LogP contribution in [-0.4, -0.2) is 62.6 Å². The molecule has 2 rings (SSSR count). The summed E-state index contributed by atoms with van der Waals surface area (Å²) in [6.45, 7) is -1.67. The van der Waals surface area contributed by atoms with Crippen molar-refractivity contribution in [3.05, 3.63) is 29.8 Å². The van der Waals surface area contributed by atoms with Crippen molar-refractivity contribution in [2.45, 2.75) is 24.3 Å². The molecule has 1 fully saturated rings. The summed E-state index contributed by atoms with van der Waals surface area (Å²) in [5.74, 6) is -4.32. The molecular formula is C16H20F4N2O3. The second kappa shape index (κ2) is 8.01. The Kier molecular flexibility index (Phi) is 6.23. The van der Waals surface area contributed by atoms with Crippen LogP contribution in [0, 0.1) is 0 Å². The van der Waals surface area contributed by atoms with Crippen LogP contribution in [0.2, 0.25) is 0 Å². The second-order valence-electron chi connectivity index (χ2n) is 5.90. The zero-order valence-electron chi connectivity index (χ0n) is 13.6. The van der Waals surface area contributed by atoms with Gasteiger partial charge >= 0.3 is 12.3 Å². The number of amides is 1. The van der Waals surface area contributed by atoms with Crippen molar-refractivity contribution in [2.75, 3.05) is 33.4 Å². The van der Waals surface area contributed by atoms with E-state index >= 15 is 0 Å². The molecule has 0 unspecified atom stereocenters. The van der Waals surface area contributed by atoms with Gasteiger partial charge in [-0.15, -0.1) is 0 Å². The van der Waals surface area contributed by atoms with Gasteiger partial charge in [-0.2, -0.15) is 8.78 Å². The Morgan fingerprint density at radius 1 is 1.40 bits per heavy atom. The van der Waals surface area contributed by atoms with Gasteiger partial charge in [0.1, 0.15) is 19.0 Å². The fourth-order valence-electron chi connectivity index (χ4n) is 2.69. The van der Waals surface area contributed by atoms with Crippen molar-refractivity contribution in [3.8, 4) is 5.75 Å². The number of carbonyl (C=O) groups excluding carboxylic acids is 1. The molecule has 0 bridgehead atoms. The van der Waals surface area contributed by atoms with Gasteiger partial charge in [-0.1, -0.05) is 12.1 Å². The molecule has 0 aliphatic carbocycles. The third-order valence-corrected chi connectivity index (χ3v) is 4.08. The minimum Gasteiger partial charge on any atom is -0.497 e. The normalized spacial score (nSPS) is 21.0. The molecule has 5 nitrogen and oxygen atoms in total. The van der Waals surface area contributed by atoms with E-state index in [1.165, 1.54) is 12.0 Å². The van der Waals surface area contributed by atoms with Crippen molar-refractivity contribution < 1.29 is 31.8 Å². The SMILES string of the molecule is COc1cccc([C@@H]2CN(C(=O)COCC(F)(F)C(F)F)C[C@H]2N)c1. The molecule has 0 spiro atoms. The summed E-state index contributed by atoms with van der Waals surface area (Å²) < 4.78 is 59.2. The van der Waals surface area contributed by atoms with E-state index in [1.807, 2.05) is 12.1 Å². The fraction of sp³-hybridized carbons (Fsp3) is 0.562. The summed E-state index contributed by atoms with van der Waals surface area (Å²) in [6.07, 6.45) is -3.83. The summed E-state index contributed by atoms with van der Waals surface area (Å²) in [7, 11) is 1.54. The molecule has 0 saturated carbocycles. The van der Waals surface area contributed by atoms with Crippen LogP contribution < -0.4 is 10.5 Å². The predicted molar refractivity (Wildman–Crippen MR) is 82.1 cm³/mol. The van der Waals surface area contributed by atoms with Gasteiger partial charge in [0.15, 0.2) is 0 Å². The Labute approximate surface area is 142 Å². The third kappa shape index (κ3) is 4.82. The molecule has 0 radical (unpaired) electrons. The highest BCUT2D eigenvalue weighted by atomic mass is 19.3. The molecule has 140 valence electrons. The van der Waals surface area contributed by atoms with Gasteiger partial charge in [0, 0.05) is 25.0 Å². The summed E-state index contributed by atoms with van der Waals surface area (Å²) >= 11 is 0. The topological polar surface area (TPSA) is 64.8 Å². The third-order valence-electron chi connectivity index (χ3n) is 4.08. The maximum Gasteiger partial charge on any atom is 0.330 e. The lowest BCUT2D eigenvalue weighted by atomic mass is 9.95. The smallest absolute Gasteiger partial charge is 0.330 e. The maximum atomic E-state index is 12.8. The number of halogens is 4. The number of methoxy groups -OCH3 is 1. The van der Waals surface area contributed by atoms with E-state index in [0.717, 1.165) is 5.56 Å². The average Bonchev–Trinajstić information content (AvgIpc) is 2.96. The Hall–Kier alpha value is -1.87. The minimum absolute atomic E-state index is 0.137. The largest absolute Gasteiger partial charge is 0.497 e. The van der Waals surface area contributed by atoms with E-state index in [-0.39, 0.29) is 18.5 Å². The summed E-state index contributed by atoms with van der Waals surface area (Å²) in [4.78, 5) is 13.4. The summed E-state index contributed by atoms with van der Waals surface area (Å²) in [5, 5.41) is 0. The van der Waals surface area contributed by atoms with Crippen LogP contribution in [0.15, 0.2) is 24.3 Å². The lowest BCUT2D eigenvalue weighted by Gasteiger charge is -2.19. The first kappa shape index (κ1) is 19.5. The molecular weight excluding hydrogens is 344 g/mol. The number of rotatable bonds is 7. The molecule has 1 aromatic carbocycles. The quantitative estimate of drug-likeness (QED) is 0.751. The average molecular weight is 364 g/mol. The number of hydrogen-bond donors (Lipinski definition) is 1. The second-order valence-corrected chi connectivity index (χ2v) is 5.90. The Morgan fingerprint density at radius 2 is 2.12 bits per heavy atom. The van der Waals surface area contributed by atoms with E-state index < -0.39 is 31.5 Å². The van der Waals surface area contributed by atoms with E-state index in [2.05, 4.69) is 4.74 Å². The molecule has 2 N–H and O–H groups in total. The van der Waals surface area contributed by atoms with Crippen LogP contribution in [-0.2, 0) is 9.53 Å². The van der Waals surface area contributed by atoms with Crippen LogP contribution in [0.1, 0.15) is 11.5 Å². The molecule has 1 aliphatic rings. The standard InChI is InChI=1S/C16H20F4N2O3/c1-24-11-4-2-3-10(5-11)12-6-22(7-13(12)21)14(23)8-25-9-16(19,20)15(17)18/h2-5,12-13,15H,6-9,21H2,1H3/t12-,13+/m0/s1. The molecule has 9 heteroatoms. The molecule has 1 aromatic rings. The Balaban J connectivity index is 1.90. The van der Waals surface area contributed by atoms with Gasteiger partial charge in [0.05, 0.1) is 7.11 Å². The molecule has 25 heavy (non-hydrogen) atoms. The number of nitrogens with zero attached hydrogens (tertiary/aromatic N) is 1. The molecule has 1 aliphatic heterocycles. The lowest BCUT2D eigenvalue weighted by Crippen LogP contribution is -2.37. The van der Waals surface area contributed by atoms with Gasteiger partial charge in [-0.3, -0.25) is 4.79 Å². The number of ether oxygens (including phenoxy) is 2. The molecule has 1 amide bonds. The van der Waals surface area contributed by atoms with E-state index in [0.29, 0.717) is 12.3 Å². The van der Waals surface area contributed by atoms with Gasteiger partial charge in [-0.05, 0) is 17.7 Å². The van der Waals surface area contributed by atoms with Crippen LogP contribution in [0.5, 0.6) is 5.75 Å². The molecule has 1 heterocycles. The number of alkyl halides is 4. The minimum atomic E-state index is -4.27. The van der Waals surface area contributed by atoms with Crippen molar-refractivity contribution in [1.82, 2.24) is 4.90 Å². The highest BCUT2D eigenvalue weighted by molar-refractivity contribution is 5.78. The monoisotopic (exact) mass is 364 g/mol. The zero-order chi connectivity index (χ0) is 18.6. The lowest BCUT2D eigenvalue weighted by molar-refractivity contribution is -0.170. The van der Waals surface area contributed by atoms with Crippen molar-refractivity contribution in [1.29, 1.82) is 0 Å². The first-order chi connectivity index (χ1) is 11.7. The van der Waals surface area contributed by atoms with Crippen LogP contribution >= 0.6 is 0 Å². The van der Waals surface area contributed by atoms with Crippen LogP contribution in [0.3, 0.4) is 0 Å². The fourth-order valence-corrected chi connectivity index (χ4v) is 2.69. The number of hydrogen-bond acceptors (Lipinski definition) is 4. The number of carbonyl (C=O) groups is 1. The predicted octanol–water partition coefficient (Wildman–Crippen LogP) is 1.87. The van der Waals surface area contributed by atoms with Gasteiger partial charge in [0.2, 0.25) is 5.91 Å². The molecule has 0 aromatic heterocycles. The Morgan fingerprint density at radius 3 is 2.76 bits per heavy atom.